The van der Waals surface area contributed by atoms with E-state index in [1.807, 2.05) is 6.07 Å². The molecule has 102 valence electrons. The Morgan fingerprint density at radius 1 is 1.37 bits per heavy atom. The van der Waals surface area contributed by atoms with Gasteiger partial charge in [0, 0.05) is 17.2 Å². The standard InChI is InChI=1S/C14H17BrFN3/c1-10(2)8-17-9-12-5-6-19(18-12)14-4-3-11(15)7-13(14)16/h3-7,10,17H,8-9H2,1-2H3. The van der Waals surface area contributed by atoms with Crippen LogP contribution >= 0.6 is 15.9 Å². The average molecular weight is 326 g/mol. The Morgan fingerprint density at radius 2 is 2.16 bits per heavy atom. The van der Waals surface area contributed by atoms with Gasteiger partial charge < -0.3 is 5.32 Å². The van der Waals surface area contributed by atoms with Gasteiger partial charge in [-0.05, 0) is 36.7 Å². The molecule has 0 unspecified atom stereocenters. The largest absolute Gasteiger partial charge is 0.311 e. The van der Waals surface area contributed by atoms with Crippen molar-refractivity contribution in [1.29, 1.82) is 0 Å². The van der Waals surface area contributed by atoms with Gasteiger partial charge in [0.05, 0.1) is 5.69 Å². The first-order valence-electron chi connectivity index (χ1n) is 6.27. The molecule has 0 radical (unpaired) electrons. The Bertz CT molecular complexity index is 551. The number of rotatable bonds is 5. The Kier molecular flexibility index (Phi) is 4.71. The predicted octanol–water partition coefficient (Wildman–Crippen LogP) is 3.52. The second kappa shape index (κ2) is 6.30. The zero-order valence-electron chi connectivity index (χ0n) is 11.0. The molecule has 0 aliphatic rings. The van der Waals surface area contributed by atoms with Crippen LogP contribution in [0, 0.1) is 11.7 Å². The highest BCUT2D eigenvalue weighted by Gasteiger charge is 2.07. The van der Waals surface area contributed by atoms with Crippen LogP contribution in [0.25, 0.3) is 5.69 Å². The molecule has 0 spiro atoms. The number of nitrogens with zero attached hydrogens (tertiary/aromatic N) is 2. The fraction of sp³-hybridized carbons (Fsp3) is 0.357. The van der Waals surface area contributed by atoms with Crippen molar-refractivity contribution in [2.45, 2.75) is 20.4 Å². The Morgan fingerprint density at radius 3 is 2.84 bits per heavy atom. The molecule has 0 aliphatic heterocycles. The molecule has 3 nitrogen and oxygen atoms in total. The third-order valence-electron chi connectivity index (χ3n) is 2.66. The topological polar surface area (TPSA) is 29.9 Å². The smallest absolute Gasteiger partial charge is 0.149 e. The molecule has 1 N–H and O–H groups in total. The molecule has 1 aromatic carbocycles. The maximum Gasteiger partial charge on any atom is 0.149 e. The van der Waals surface area contributed by atoms with Crippen LogP contribution in [-0.4, -0.2) is 16.3 Å². The van der Waals surface area contributed by atoms with Crippen molar-refractivity contribution in [3.05, 3.63) is 46.4 Å². The zero-order valence-corrected chi connectivity index (χ0v) is 12.6. The van der Waals surface area contributed by atoms with Crippen molar-refractivity contribution >= 4 is 15.9 Å². The lowest BCUT2D eigenvalue weighted by Gasteiger charge is -2.05. The first-order chi connectivity index (χ1) is 9.06. The zero-order chi connectivity index (χ0) is 13.8. The molecule has 0 atom stereocenters. The molecule has 2 rings (SSSR count). The first-order valence-corrected chi connectivity index (χ1v) is 7.06. The fourth-order valence-corrected chi connectivity index (χ4v) is 2.08. The normalized spacial score (nSPS) is 11.2. The Hall–Kier alpha value is -1.20. The van der Waals surface area contributed by atoms with Crippen molar-refractivity contribution in [3.63, 3.8) is 0 Å². The minimum atomic E-state index is -0.292. The van der Waals surface area contributed by atoms with E-state index in [0.29, 0.717) is 18.2 Å². The van der Waals surface area contributed by atoms with Crippen molar-refractivity contribution < 1.29 is 4.39 Å². The van der Waals surface area contributed by atoms with Gasteiger partial charge in [0.25, 0.3) is 0 Å². The van der Waals surface area contributed by atoms with E-state index in [0.717, 1.165) is 16.7 Å². The predicted molar refractivity (Wildman–Crippen MR) is 77.8 cm³/mol. The van der Waals surface area contributed by atoms with Gasteiger partial charge in [-0.1, -0.05) is 29.8 Å². The SMILES string of the molecule is CC(C)CNCc1ccn(-c2ccc(Br)cc2F)n1. The van der Waals surface area contributed by atoms with Gasteiger partial charge in [-0.15, -0.1) is 0 Å². The highest BCUT2D eigenvalue weighted by atomic mass is 79.9. The highest BCUT2D eigenvalue weighted by molar-refractivity contribution is 9.10. The lowest BCUT2D eigenvalue weighted by Crippen LogP contribution is -2.19. The first kappa shape index (κ1) is 14.2. The van der Waals surface area contributed by atoms with E-state index in [4.69, 9.17) is 0 Å². The fourth-order valence-electron chi connectivity index (χ4n) is 1.75. The summed E-state index contributed by atoms with van der Waals surface area (Å²) in [6.07, 6.45) is 1.78. The second-order valence-electron chi connectivity index (χ2n) is 4.87. The summed E-state index contributed by atoms with van der Waals surface area (Å²) in [4.78, 5) is 0. The number of nitrogens with one attached hydrogen (secondary N) is 1. The van der Waals surface area contributed by atoms with Gasteiger partial charge in [-0.3, -0.25) is 0 Å². The molecule has 0 aliphatic carbocycles. The number of hydrogen-bond donors (Lipinski definition) is 1. The molecule has 19 heavy (non-hydrogen) atoms. The van der Waals surface area contributed by atoms with Crippen molar-refractivity contribution in [1.82, 2.24) is 15.1 Å². The summed E-state index contributed by atoms with van der Waals surface area (Å²) >= 11 is 3.24. The summed E-state index contributed by atoms with van der Waals surface area (Å²) < 4.78 is 16.1. The molecular weight excluding hydrogens is 309 g/mol. The molecule has 5 heteroatoms. The van der Waals surface area contributed by atoms with Gasteiger partial charge in [0.15, 0.2) is 0 Å². The van der Waals surface area contributed by atoms with Gasteiger partial charge in [-0.25, -0.2) is 9.07 Å². The van der Waals surface area contributed by atoms with Crippen LogP contribution in [0.2, 0.25) is 0 Å². The number of halogens is 2. The third kappa shape index (κ3) is 3.88. The lowest BCUT2D eigenvalue weighted by atomic mass is 10.2. The van der Waals surface area contributed by atoms with Gasteiger partial charge in [-0.2, -0.15) is 5.10 Å². The number of aromatic nitrogens is 2. The van der Waals surface area contributed by atoms with Crippen LogP contribution in [0.15, 0.2) is 34.9 Å². The Labute approximate surface area is 121 Å². The van der Waals surface area contributed by atoms with Crippen LogP contribution in [0.4, 0.5) is 4.39 Å². The van der Waals surface area contributed by atoms with Crippen molar-refractivity contribution in [2.75, 3.05) is 6.54 Å². The number of hydrogen-bond acceptors (Lipinski definition) is 2. The molecule has 2 aromatic rings. The van der Waals surface area contributed by atoms with E-state index < -0.39 is 0 Å². The molecule has 0 bridgehead atoms. The van der Waals surface area contributed by atoms with E-state index in [-0.39, 0.29) is 5.82 Å². The number of benzene rings is 1. The molecular formula is C14H17BrFN3. The van der Waals surface area contributed by atoms with Gasteiger partial charge >= 0.3 is 0 Å². The van der Waals surface area contributed by atoms with E-state index in [2.05, 4.69) is 40.2 Å². The van der Waals surface area contributed by atoms with Crippen LogP contribution in [-0.2, 0) is 6.54 Å². The summed E-state index contributed by atoms with van der Waals surface area (Å²) in [7, 11) is 0. The third-order valence-corrected chi connectivity index (χ3v) is 3.15. The van der Waals surface area contributed by atoms with E-state index in [9.17, 15) is 4.39 Å². The summed E-state index contributed by atoms with van der Waals surface area (Å²) in [6.45, 7) is 5.95. The van der Waals surface area contributed by atoms with Gasteiger partial charge in [0.2, 0.25) is 0 Å². The lowest BCUT2D eigenvalue weighted by molar-refractivity contribution is 0.545. The van der Waals surface area contributed by atoms with Crippen molar-refractivity contribution in [2.24, 2.45) is 5.92 Å². The average Bonchev–Trinajstić information content (AvgIpc) is 2.77. The summed E-state index contributed by atoms with van der Waals surface area (Å²) in [5.74, 6) is 0.310. The molecule has 0 saturated carbocycles. The minimum Gasteiger partial charge on any atom is -0.311 e. The summed E-state index contributed by atoms with van der Waals surface area (Å²) in [6, 6.07) is 6.84. The van der Waals surface area contributed by atoms with E-state index in [1.165, 1.54) is 6.07 Å². The molecule has 1 aromatic heterocycles. The monoisotopic (exact) mass is 325 g/mol. The van der Waals surface area contributed by atoms with E-state index in [1.54, 1.807) is 23.0 Å². The van der Waals surface area contributed by atoms with Crippen LogP contribution in [0.1, 0.15) is 19.5 Å². The second-order valence-corrected chi connectivity index (χ2v) is 5.79. The summed E-state index contributed by atoms with van der Waals surface area (Å²) in [5.41, 5.74) is 1.36. The highest BCUT2D eigenvalue weighted by Crippen LogP contribution is 2.18. The quantitative estimate of drug-likeness (QED) is 0.911. The maximum absolute atomic E-state index is 13.8. The van der Waals surface area contributed by atoms with Crippen LogP contribution in [0.5, 0.6) is 0 Å². The molecule has 0 fully saturated rings. The molecule has 1 heterocycles. The van der Waals surface area contributed by atoms with E-state index >= 15 is 0 Å². The summed E-state index contributed by atoms with van der Waals surface area (Å²) in [5, 5.41) is 7.68. The van der Waals surface area contributed by atoms with Crippen LogP contribution in [0.3, 0.4) is 0 Å². The molecule has 0 amide bonds. The minimum absolute atomic E-state index is 0.292. The Balaban J connectivity index is 2.08. The maximum atomic E-state index is 13.8. The van der Waals surface area contributed by atoms with Crippen LogP contribution < -0.4 is 5.32 Å². The molecule has 0 saturated heterocycles. The van der Waals surface area contributed by atoms with Gasteiger partial charge in [0.1, 0.15) is 11.5 Å². The van der Waals surface area contributed by atoms with Crippen molar-refractivity contribution in [3.8, 4) is 5.69 Å².